The summed E-state index contributed by atoms with van der Waals surface area (Å²) in [6.07, 6.45) is 4.48. The molecule has 4 N–H and O–H groups in total. The molecule has 3 atom stereocenters. The molecule has 4 rings (SSSR count). The maximum Gasteiger partial charge on any atom is 0.251 e. The van der Waals surface area contributed by atoms with Crippen LogP contribution in [0.5, 0.6) is 0 Å². The lowest BCUT2D eigenvalue weighted by Crippen LogP contribution is -2.49. The molecule has 3 unspecified atom stereocenters. The minimum Gasteiger partial charge on any atom is -0.355 e. The van der Waals surface area contributed by atoms with Crippen LogP contribution in [0.1, 0.15) is 36.5 Å². The zero-order valence-electron chi connectivity index (χ0n) is 17.3. The fraction of sp³-hybridized carbons (Fsp3) is 0.476. The van der Waals surface area contributed by atoms with E-state index in [-0.39, 0.29) is 11.9 Å². The number of fused-ring (bicyclic) bond motifs is 1. The Kier molecular flexibility index (Phi) is 6.10. The van der Waals surface area contributed by atoms with Gasteiger partial charge in [-0.1, -0.05) is 0 Å². The van der Waals surface area contributed by atoms with E-state index in [1.54, 1.807) is 31.3 Å². The molecule has 2 aliphatic rings. The van der Waals surface area contributed by atoms with Crippen LogP contribution in [0.2, 0.25) is 0 Å². The first-order valence-corrected chi connectivity index (χ1v) is 10.5. The number of halogens is 1. The molecule has 0 bridgehead atoms. The molecule has 2 heterocycles. The number of nitrogens with zero attached hydrogens (tertiary/aromatic N) is 3. The molecular formula is C21H28FN7O. The molecule has 0 spiro atoms. The molecule has 2 aromatic rings. The molecule has 1 saturated heterocycles. The molecule has 160 valence electrons. The summed E-state index contributed by atoms with van der Waals surface area (Å²) in [5.41, 5.74) is 7.89. The largest absolute Gasteiger partial charge is 0.355 e. The number of carbonyl (C=O) groups excluding carboxylic acids is 1. The number of rotatable bonds is 6. The van der Waals surface area contributed by atoms with Gasteiger partial charge in [0.05, 0.1) is 6.20 Å². The minimum atomic E-state index is -0.418. The van der Waals surface area contributed by atoms with Crippen molar-refractivity contribution in [1.29, 1.82) is 0 Å². The third kappa shape index (κ3) is 4.08. The summed E-state index contributed by atoms with van der Waals surface area (Å²) in [4.78, 5) is 22.4. The van der Waals surface area contributed by atoms with Gasteiger partial charge < -0.3 is 15.5 Å². The molecule has 0 radical (unpaired) electrons. The van der Waals surface area contributed by atoms with E-state index in [0.29, 0.717) is 35.8 Å². The van der Waals surface area contributed by atoms with Crippen molar-refractivity contribution in [2.24, 2.45) is 5.92 Å². The fourth-order valence-electron chi connectivity index (χ4n) is 4.54. The molecule has 8 nitrogen and oxygen atoms in total. The van der Waals surface area contributed by atoms with Gasteiger partial charge in [0.2, 0.25) is 5.95 Å². The summed E-state index contributed by atoms with van der Waals surface area (Å²) < 4.78 is 14.8. The van der Waals surface area contributed by atoms with Crippen LogP contribution in [0.15, 0.2) is 30.5 Å². The number of aromatic nitrogens is 2. The second-order valence-electron chi connectivity index (χ2n) is 7.73. The van der Waals surface area contributed by atoms with Gasteiger partial charge in [0.15, 0.2) is 11.6 Å². The normalized spacial score (nSPS) is 23.0. The number of anilines is 3. The fourth-order valence-corrected chi connectivity index (χ4v) is 4.54. The van der Waals surface area contributed by atoms with Gasteiger partial charge in [-0.05, 0) is 50.5 Å². The van der Waals surface area contributed by atoms with Crippen molar-refractivity contribution in [2.75, 3.05) is 30.4 Å². The van der Waals surface area contributed by atoms with Crippen LogP contribution >= 0.6 is 0 Å². The minimum absolute atomic E-state index is 0.151. The van der Waals surface area contributed by atoms with Crippen LogP contribution in [0, 0.1) is 11.7 Å². The number of carbonyl (C=O) groups is 1. The lowest BCUT2D eigenvalue weighted by molar-refractivity contribution is 0.0963. The standard InChI is InChI=1S/C21H28FN7O/c1-3-29(18-6-4-5-17-15(18)11-25-28-17)19-16(22)12-24-21(27-19)26-14-9-7-13(8-10-14)20(30)23-2/h7-10,12,15,17-18,25,28H,3-6,11H2,1-2H3,(H,23,30)(H,24,26,27). The van der Waals surface area contributed by atoms with E-state index in [1.165, 1.54) is 6.20 Å². The molecule has 1 aliphatic heterocycles. The van der Waals surface area contributed by atoms with Gasteiger partial charge >= 0.3 is 0 Å². The SMILES string of the molecule is CCN(c1nc(Nc2ccc(C(=O)NC)cc2)ncc1F)C1CCCC2NNCC21. The first-order chi connectivity index (χ1) is 14.6. The van der Waals surface area contributed by atoms with Crippen molar-refractivity contribution in [3.05, 3.63) is 41.8 Å². The van der Waals surface area contributed by atoms with Gasteiger partial charge in [0, 0.05) is 49.4 Å². The monoisotopic (exact) mass is 413 g/mol. The first kappa shape index (κ1) is 20.5. The number of hydrogen-bond donors (Lipinski definition) is 4. The predicted molar refractivity (Wildman–Crippen MR) is 114 cm³/mol. The van der Waals surface area contributed by atoms with Crippen molar-refractivity contribution < 1.29 is 9.18 Å². The van der Waals surface area contributed by atoms with Crippen LogP contribution in [0.25, 0.3) is 0 Å². The highest BCUT2D eigenvalue weighted by Gasteiger charge is 2.40. The van der Waals surface area contributed by atoms with E-state index in [2.05, 4.69) is 36.4 Å². The van der Waals surface area contributed by atoms with Crippen LogP contribution in [0.4, 0.5) is 21.8 Å². The maximum absolute atomic E-state index is 14.8. The number of hydrazine groups is 1. The van der Waals surface area contributed by atoms with Crippen LogP contribution in [-0.4, -0.2) is 48.1 Å². The van der Waals surface area contributed by atoms with Gasteiger partial charge in [-0.15, -0.1) is 0 Å². The predicted octanol–water partition coefficient (Wildman–Crippen LogP) is 2.19. The van der Waals surface area contributed by atoms with Gasteiger partial charge in [-0.25, -0.2) is 9.37 Å². The average Bonchev–Trinajstić information content (AvgIpc) is 3.26. The quantitative estimate of drug-likeness (QED) is 0.577. The molecule has 1 saturated carbocycles. The van der Waals surface area contributed by atoms with E-state index in [0.717, 1.165) is 31.5 Å². The zero-order valence-corrected chi connectivity index (χ0v) is 17.3. The second-order valence-corrected chi connectivity index (χ2v) is 7.73. The molecule has 1 aromatic heterocycles. The molecule has 9 heteroatoms. The summed E-state index contributed by atoms with van der Waals surface area (Å²) in [6.45, 7) is 3.58. The second kappa shape index (κ2) is 8.93. The molecular weight excluding hydrogens is 385 g/mol. The third-order valence-electron chi connectivity index (χ3n) is 6.02. The highest BCUT2D eigenvalue weighted by atomic mass is 19.1. The third-order valence-corrected chi connectivity index (χ3v) is 6.02. The lowest BCUT2D eigenvalue weighted by Gasteiger charge is -2.40. The average molecular weight is 414 g/mol. The van der Waals surface area contributed by atoms with E-state index < -0.39 is 5.82 Å². The highest BCUT2D eigenvalue weighted by molar-refractivity contribution is 5.94. The molecule has 30 heavy (non-hydrogen) atoms. The number of amides is 1. The first-order valence-electron chi connectivity index (χ1n) is 10.5. The smallest absolute Gasteiger partial charge is 0.251 e. The molecule has 1 aromatic carbocycles. The van der Waals surface area contributed by atoms with Crippen LogP contribution < -0.4 is 26.4 Å². The number of benzene rings is 1. The van der Waals surface area contributed by atoms with Crippen LogP contribution in [0.3, 0.4) is 0 Å². The van der Waals surface area contributed by atoms with Crippen molar-refractivity contribution in [3.8, 4) is 0 Å². The zero-order chi connectivity index (χ0) is 21.1. The Labute approximate surface area is 175 Å². The number of nitrogens with one attached hydrogen (secondary N) is 4. The van der Waals surface area contributed by atoms with E-state index in [1.807, 2.05) is 6.92 Å². The van der Waals surface area contributed by atoms with Gasteiger partial charge in [-0.2, -0.15) is 4.98 Å². The lowest BCUT2D eigenvalue weighted by atomic mass is 9.81. The maximum atomic E-state index is 14.8. The summed E-state index contributed by atoms with van der Waals surface area (Å²) in [5, 5.41) is 5.70. The van der Waals surface area contributed by atoms with Crippen molar-refractivity contribution in [3.63, 3.8) is 0 Å². The highest BCUT2D eigenvalue weighted by Crippen LogP contribution is 2.33. The Morgan fingerprint density at radius 2 is 2.10 bits per heavy atom. The van der Waals surface area contributed by atoms with Gasteiger partial charge in [-0.3, -0.25) is 15.6 Å². The summed E-state index contributed by atoms with van der Waals surface area (Å²) in [5.74, 6) is 0.504. The van der Waals surface area contributed by atoms with Gasteiger partial charge in [0.25, 0.3) is 5.91 Å². The topological polar surface area (TPSA) is 94.2 Å². The Hall–Kier alpha value is -2.78. The Bertz CT molecular complexity index is 891. The molecule has 2 fully saturated rings. The van der Waals surface area contributed by atoms with Crippen molar-refractivity contribution in [2.45, 2.75) is 38.3 Å². The Balaban J connectivity index is 1.55. The Morgan fingerprint density at radius 1 is 1.30 bits per heavy atom. The molecule has 1 amide bonds. The molecule has 1 aliphatic carbocycles. The number of hydrogen-bond acceptors (Lipinski definition) is 7. The summed E-state index contributed by atoms with van der Waals surface area (Å²) >= 11 is 0. The van der Waals surface area contributed by atoms with Crippen LogP contribution in [-0.2, 0) is 0 Å². The van der Waals surface area contributed by atoms with Crippen molar-refractivity contribution >= 4 is 23.4 Å². The van der Waals surface area contributed by atoms with Gasteiger partial charge in [0.1, 0.15) is 0 Å². The van der Waals surface area contributed by atoms with E-state index in [4.69, 9.17) is 0 Å². The van der Waals surface area contributed by atoms with Crippen molar-refractivity contribution in [1.82, 2.24) is 26.1 Å². The summed E-state index contributed by atoms with van der Waals surface area (Å²) in [7, 11) is 1.59. The Morgan fingerprint density at radius 3 is 2.83 bits per heavy atom. The van der Waals surface area contributed by atoms with E-state index in [9.17, 15) is 9.18 Å². The summed E-state index contributed by atoms with van der Waals surface area (Å²) in [6, 6.07) is 7.62. The van der Waals surface area contributed by atoms with E-state index >= 15 is 0 Å².